The first-order valence-electron chi connectivity index (χ1n) is 15.8. The van der Waals surface area contributed by atoms with Gasteiger partial charge in [0.2, 0.25) is 0 Å². The van der Waals surface area contributed by atoms with Gasteiger partial charge in [-0.25, -0.2) is 15.0 Å². The molecule has 0 saturated carbocycles. The number of pyridine rings is 1. The molecule has 5 heterocycles. The quantitative estimate of drug-likeness (QED) is 0.195. The van der Waals surface area contributed by atoms with Crippen molar-refractivity contribution in [2.45, 2.75) is 79.6 Å². The van der Waals surface area contributed by atoms with E-state index in [4.69, 9.17) is 15.0 Å². The molecule has 46 heavy (non-hydrogen) atoms. The Labute approximate surface area is 302 Å². The smallest absolute Gasteiger partial charge is 1.00 e. The molecule has 3 aromatic heterocycles. The van der Waals surface area contributed by atoms with Gasteiger partial charge in [0, 0.05) is 0 Å². The topological polar surface area (TPSA) is 55.0 Å². The molecular weight excluding hydrogens is 681 g/mol. The minimum Gasteiger partial charge on any atom is -1.00 e. The van der Waals surface area contributed by atoms with Gasteiger partial charge in [0.05, 0.1) is 35.4 Å². The van der Waals surface area contributed by atoms with E-state index in [0.717, 1.165) is 73.6 Å². The fourth-order valence-electron chi connectivity index (χ4n) is 6.72. The van der Waals surface area contributed by atoms with E-state index in [1.54, 1.807) is 0 Å². The number of rotatable bonds is 6. The number of fused-ring (bicyclic) bond motifs is 2. The van der Waals surface area contributed by atoms with Crippen LogP contribution in [0.15, 0.2) is 42.5 Å². The molecule has 247 valence electrons. The van der Waals surface area contributed by atoms with Gasteiger partial charge >= 0.3 is 17.1 Å². The van der Waals surface area contributed by atoms with Crippen molar-refractivity contribution in [2.24, 2.45) is 0 Å². The molecule has 0 amide bonds. The Morgan fingerprint density at radius 3 is 1.28 bits per heavy atom. The predicted molar refractivity (Wildman–Crippen MR) is 171 cm³/mol. The predicted octanol–water partition coefficient (Wildman–Crippen LogP) is -1.76. The van der Waals surface area contributed by atoms with Crippen molar-refractivity contribution in [2.75, 3.05) is 26.2 Å². The van der Waals surface area contributed by atoms with Gasteiger partial charge in [0.15, 0.2) is 11.6 Å². The molecule has 0 unspecified atom stereocenters. The largest absolute Gasteiger partial charge is 3.00 e. The van der Waals surface area contributed by atoms with Gasteiger partial charge in [0.1, 0.15) is 11.4 Å². The summed E-state index contributed by atoms with van der Waals surface area (Å²) in [6.07, 6.45) is 7.71. The monoisotopic (exact) mass is 722 g/mol. The molecule has 0 bridgehead atoms. The number of imidazole rings is 2. The van der Waals surface area contributed by atoms with Crippen LogP contribution >= 0.6 is 0 Å². The maximum absolute atomic E-state index is 5.30. The van der Waals surface area contributed by atoms with Crippen molar-refractivity contribution in [3.8, 4) is 23.0 Å². The SMILES string of the molecule is Cc1cc2nc(-c3cccc(-c4nc5cc(C)c(C)cc5n4CN4CCCCC4)n3)n(CN3CCCCC3)c2cc1C.[Cl-].[Cl-].[Cl-].[Fe+3]. The molecule has 2 aliphatic rings. The summed E-state index contributed by atoms with van der Waals surface area (Å²) in [5.41, 5.74) is 11.4. The van der Waals surface area contributed by atoms with Crippen LogP contribution in [0.2, 0.25) is 0 Å². The van der Waals surface area contributed by atoms with E-state index in [1.165, 1.54) is 71.8 Å². The number of likely N-dealkylation sites (tertiary alicyclic amines) is 2. The third-order valence-corrected chi connectivity index (χ3v) is 9.51. The van der Waals surface area contributed by atoms with Gasteiger partial charge in [-0.2, -0.15) is 0 Å². The molecule has 2 aromatic carbocycles. The van der Waals surface area contributed by atoms with Crippen LogP contribution in [0.4, 0.5) is 0 Å². The Hall–Kier alpha value is -2.16. The van der Waals surface area contributed by atoms with Crippen LogP contribution in [0.25, 0.3) is 45.1 Å². The second-order valence-corrected chi connectivity index (χ2v) is 12.6. The molecule has 7 rings (SSSR count). The number of benzene rings is 2. The first-order chi connectivity index (χ1) is 20.4. The van der Waals surface area contributed by atoms with E-state index >= 15 is 0 Å². The van der Waals surface area contributed by atoms with Gasteiger partial charge in [-0.15, -0.1) is 0 Å². The van der Waals surface area contributed by atoms with E-state index in [-0.39, 0.29) is 54.3 Å². The Kier molecular flexibility index (Phi) is 13.6. The summed E-state index contributed by atoms with van der Waals surface area (Å²) in [7, 11) is 0. The van der Waals surface area contributed by atoms with E-state index < -0.39 is 0 Å². The Morgan fingerprint density at radius 1 is 0.522 bits per heavy atom. The minimum absolute atomic E-state index is 0. The number of nitrogens with zero attached hydrogens (tertiary/aromatic N) is 7. The number of hydrogen-bond acceptors (Lipinski definition) is 5. The van der Waals surface area contributed by atoms with Gasteiger partial charge in [-0.3, -0.25) is 9.80 Å². The van der Waals surface area contributed by atoms with Crippen LogP contribution < -0.4 is 37.2 Å². The van der Waals surface area contributed by atoms with Gasteiger partial charge < -0.3 is 46.4 Å². The average molecular weight is 724 g/mol. The van der Waals surface area contributed by atoms with E-state index in [0.29, 0.717) is 0 Å². The summed E-state index contributed by atoms with van der Waals surface area (Å²) in [6.45, 7) is 15.0. The Bertz CT molecular complexity index is 1650. The molecule has 0 atom stereocenters. The van der Waals surface area contributed by atoms with Gasteiger partial charge in [-0.1, -0.05) is 18.9 Å². The third kappa shape index (κ3) is 7.60. The Balaban J connectivity index is 0.00000144. The molecular formula is C35H43Cl3FeN7. The molecule has 2 aliphatic heterocycles. The molecule has 2 fully saturated rings. The number of aromatic nitrogens is 5. The van der Waals surface area contributed by atoms with Crippen molar-refractivity contribution in [3.05, 3.63) is 64.7 Å². The molecule has 2 saturated heterocycles. The summed E-state index contributed by atoms with van der Waals surface area (Å²) in [6, 6.07) is 15.4. The molecule has 1 radical (unpaired) electrons. The average Bonchev–Trinajstić information content (AvgIpc) is 3.52. The van der Waals surface area contributed by atoms with Crippen LogP contribution in [0.5, 0.6) is 0 Å². The summed E-state index contributed by atoms with van der Waals surface area (Å²) >= 11 is 0. The molecule has 0 spiro atoms. The minimum atomic E-state index is 0. The van der Waals surface area contributed by atoms with E-state index in [9.17, 15) is 0 Å². The molecule has 0 N–H and O–H groups in total. The molecule has 5 aromatic rings. The number of piperidine rings is 2. The molecule has 11 heteroatoms. The van der Waals surface area contributed by atoms with Gasteiger partial charge in [-0.05, 0) is 138 Å². The summed E-state index contributed by atoms with van der Waals surface area (Å²) in [5, 5.41) is 0. The van der Waals surface area contributed by atoms with Crippen LogP contribution in [0.1, 0.15) is 60.8 Å². The zero-order valence-corrected chi connectivity index (χ0v) is 30.5. The maximum atomic E-state index is 5.30. The van der Waals surface area contributed by atoms with Crippen LogP contribution in [0.3, 0.4) is 0 Å². The normalized spacial score (nSPS) is 15.6. The second-order valence-electron chi connectivity index (χ2n) is 12.6. The number of halogens is 3. The summed E-state index contributed by atoms with van der Waals surface area (Å²) in [4.78, 5) is 20.8. The summed E-state index contributed by atoms with van der Waals surface area (Å²) < 4.78 is 4.78. The van der Waals surface area contributed by atoms with Crippen molar-refractivity contribution in [3.63, 3.8) is 0 Å². The van der Waals surface area contributed by atoms with Crippen LogP contribution in [0, 0.1) is 27.7 Å². The maximum Gasteiger partial charge on any atom is 3.00 e. The number of aryl methyl sites for hydroxylation is 4. The van der Waals surface area contributed by atoms with Crippen molar-refractivity contribution >= 4 is 22.1 Å². The van der Waals surface area contributed by atoms with Crippen molar-refractivity contribution in [1.29, 1.82) is 0 Å². The van der Waals surface area contributed by atoms with E-state index in [2.05, 4.69) is 89.1 Å². The van der Waals surface area contributed by atoms with Gasteiger partial charge in [0.25, 0.3) is 0 Å². The Morgan fingerprint density at radius 2 is 0.891 bits per heavy atom. The fourth-order valence-corrected chi connectivity index (χ4v) is 6.72. The molecule has 7 nitrogen and oxygen atoms in total. The fraction of sp³-hybridized carbons (Fsp3) is 0.457. The molecule has 0 aliphatic carbocycles. The number of hydrogen-bond donors (Lipinski definition) is 0. The first kappa shape index (κ1) is 38.3. The second kappa shape index (κ2) is 16.3. The standard InChI is InChI=1S/C35H43N7.3ClH.Fe/c1-24-18-30-32(20-26(24)3)41(22-39-14-7-5-8-15-39)34(37-30)28-12-11-13-29(36-28)35-38-31-19-25(2)27(4)21-33(31)42(35)23-40-16-9-6-10-17-40;;;;/h11-13,18-21H,5-10,14-17,22-23H2,1-4H3;3*1H;/q;;;;+3/p-3. The zero-order valence-electron chi connectivity index (χ0n) is 27.1. The van der Waals surface area contributed by atoms with E-state index in [1.807, 2.05) is 0 Å². The van der Waals surface area contributed by atoms with Crippen molar-refractivity contribution < 1.29 is 54.3 Å². The van der Waals surface area contributed by atoms with Crippen LogP contribution in [-0.4, -0.2) is 60.1 Å². The zero-order chi connectivity index (χ0) is 28.8. The first-order valence-corrected chi connectivity index (χ1v) is 15.8. The van der Waals surface area contributed by atoms with Crippen molar-refractivity contribution in [1.82, 2.24) is 33.9 Å². The third-order valence-electron chi connectivity index (χ3n) is 9.51. The summed E-state index contributed by atoms with van der Waals surface area (Å²) in [5.74, 6) is 1.88. The van der Waals surface area contributed by atoms with Crippen LogP contribution in [-0.2, 0) is 30.4 Å².